The molecule has 2 aromatic rings. The first-order valence-corrected chi connectivity index (χ1v) is 11.0. The highest BCUT2D eigenvalue weighted by atomic mass is 35.5. The Labute approximate surface area is 191 Å². The van der Waals surface area contributed by atoms with E-state index in [0.29, 0.717) is 19.4 Å². The third kappa shape index (κ3) is 7.67. The number of carbonyl (C=O) groups is 1. The molecule has 0 saturated heterocycles. The van der Waals surface area contributed by atoms with Gasteiger partial charge in [-0.05, 0) is 55.4 Å². The number of nitrogens with one attached hydrogen (secondary N) is 2. The minimum Gasteiger partial charge on any atom is -0.387 e. The van der Waals surface area contributed by atoms with Crippen LogP contribution in [0.4, 0.5) is 5.69 Å². The summed E-state index contributed by atoms with van der Waals surface area (Å²) < 4.78 is 5.72. The lowest BCUT2D eigenvalue weighted by atomic mass is 10.0. The Morgan fingerprint density at radius 3 is 2.23 bits per heavy atom. The van der Waals surface area contributed by atoms with Gasteiger partial charge >= 0.3 is 0 Å². The molecule has 1 saturated carbocycles. The van der Waals surface area contributed by atoms with E-state index in [0.717, 1.165) is 25.1 Å². The van der Waals surface area contributed by atoms with Crippen LogP contribution in [0.25, 0.3) is 0 Å². The lowest BCUT2D eigenvalue weighted by Gasteiger charge is -2.13. The normalized spacial score (nSPS) is 13.8. The van der Waals surface area contributed by atoms with E-state index in [4.69, 9.17) is 15.9 Å². The monoisotopic (exact) mass is 443 g/mol. The molecule has 0 heterocycles. The van der Waals surface area contributed by atoms with E-state index in [1.54, 1.807) is 0 Å². The molecule has 0 spiro atoms. The van der Waals surface area contributed by atoms with Gasteiger partial charge in [-0.25, -0.2) is 0 Å². The van der Waals surface area contributed by atoms with Gasteiger partial charge in [0, 0.05) is 12.3 Å². The number of hydrogen-bond donors (Lipinski definition) is 3. The van der Waals surface area contributed by atoms with E-state index in [-0.39, 0.29) is 24.1 Å². The van der Waals surface area contributed by atoms with Crippen molar-refractivity contribution >= 4 is 29.8 Å². The predicted molar refractivity (Wildman–Crippen MR) is 129 cm³/mol. The molecule has 1 amide bonds. The summed E-state index contributed by atoms with van der Waals surface area (Å²) in [7, 11) is 0. The molecule has 3 rings (SSSR count). The minimum absolute atomic E-state index is 0. The summed E-state index contributed by atoms with van der Waals surface area (Å²) in [6.07, 6.45) is 8.34. The molecule has 0 aliphatic heterocycles. The van der Waals surface area contributed by atoms with E-state index in [1.807, 2.05) is 30.3 Å². The summed E-state index contributed by atoms with van der Waals surface area (Å²) >= 11 is 0. The second kappa shape index (κ2) is 12.5. The number of aryl methyl sites for hydroxylation is 1. The highest BCUT2D eigenvalue weighted by Gasteiger charge is 2.53. The third-order valence-corrected chi connectivity index (χ3v) is 5.78. The number of anilines is 1. The smallest absolute Gasteiger partial charge is 0.238 e. The molecule has 1 aliphatic carbocycles. The molecule has 31 heavy (non-hydrogen) atoms. The molecule has 0 unspecified atom stereocenters. The van der Waals surface area contributed by atoms with Gasteiger partial charge < -0.3 is 15.8 Å². The van der Waals surface area contributed by atoms with Crippen molar-refractivity contribution in [3.63, 3.8) is 0 Å². The lowest BCUT2D eigenvalue weighted by Crippen LogP contribution is -2.35. The molecule has 4 N–H and O–H groups in total. The summed E-state index contributed by atoms with van der Waals surface area (Å²) in [6, 6.07) is 18.3. The maximum atomic E-state index is 12.3. The molecule has 1 aliphatic rings. The summed E-state index contributed by atoms with van der Waals surface area (Å²) in [6.45, 7) is 1.53. The zero-order valence-electron chi connectivity index (χ0n) is 18.1. The first-order chi connectivity index (χ1) is 14.6. The fraction of sp³-hybridized carbons (Fsp3) is 0.440. The van der Waals surface area contributed by atoms with Gasteiger partial charge in [-0.1, -0.05) is 61.7 Å². The standard InChI is InChI=1S/C25H33N3O2.ClH/c26-23(27)25(16-17-25)24(29)28-22-14-12-20(13-15-22)9-5-2-1-3-8-18-30-19-21-10-6-4-7-11-21;/h4,6-7,10-15H,1-3,5,8-9,16-19H2,(H3,26,27)(H,28,29);1H. The van der Waals surface area contributed by atoms with Crippen LogP contribution in [0.2, 0.25) is 0 Å². The van der Waals surface area contributed by atoms with Crippen molar-refractivity contribution in [2.75, 3.05) is 11.9 Å². The molecule has 5 nitrogen and oxygen atoms in total. The van der Waals surface area contributed by atoms with Crippen LogP contribution in [0, 0.1) is 10.8 Å². The van der Waals surface area contributed by atoms with Crippen LogP contribution in [-0.2, 0) is 22.6 Å². The topological polar surface area (TPSA) is 88.2 Å². The zero-order chi connectivity index (χ0) is 21.2. The molecule has 0 bridgehead atoms. The van der Waals surface area contributed by atoms with Gasteiger partial charge in [0.25, 0.3) is 0 Å². The molecular weight excluding hydrogens is 410 g/mol. The summed E-state index contributed by atoms with van der Waals surface area (Å²) in [4.78, 5) is 12.3. The van der Waals surface area contributed by atoms with Crippen LogP contribution < -0.4 is 11.1 Å². The van der Waals surface area contributed by atoms with Crippen LogP contribution in [0.3, 0.4) is 0 Å². The number of benzene rings is 2. The van der Waals surface area contributed by atoms with Crippen molar-refractivity contribution in [1.82, 2.24) is 0 Å². The van der Waals surface area contributed by atoms with Gasteiger partial charge in [0.1, 0.15) is 11.3 Å². The second-order valence-corrected chi connectivity index (χ2v) is 8.20. The van der Waals surface area contributed by atoms with E-state index < -0.39 is 5.41 Å². The number of amides is 1. The van der Waals surface area contributed by atoms with Gasteiger partial charge in [-0.15, -0.1) is 12.4 Å². The Morgan fingerprint density at radius 2 is 1.58 bits per heavy atom. The van der Waals surface area contributed by atoms with Crippen molar-refractivity contribution in [3.05, 3.63) is 65.7 Å². The molecule has 0 aromatic heterocycles. The van der Waals surface area contributed by atoms with Crippen LogP contribution in [0.1, 0.15) is 56.1 Å². The van der Waals surface area contributed by atoms with Crippen molar-refractivity contribution < 1.29 is 9.53 Å². The average molecular weight is 444 g/mol. The van der Waals surface area contributed by atoms with Crippen molar-refractivity contribution in [2.45, 2.75) is 58.0 Å². The third-order valence-electron chi connectivity index (χ3n) is 5.78. The number of nitrogens with two attached hydrogens (primary N) is 1. The quantitative estimate of drug-likeness (QED) is 0.218. The fourth-order valence-corrected chi connectivity index (χ4v) is 3.58. The predicted octanol–water partition coefficient (Wildman–Crippen LogP) is 5.47. The highest BCUT2D eigenvalue weighted by molar-refractivity contribution is 6.13. The van der Waals surface area contributed by atoms with Crippen molar-refractivity contribution in [1.29, 1.82) is 5.41 Å². The number of hydrogen-bond acceptors (Lipinski definition) is 3. The maximum absolute atomic E-state index is 12.3. The van der Waals surface area contributed by atoms with E-state index in [9.17, 15) is 4.79 Å². The Hall–Kier alpha value is -2.37. The largest absolute Gasteiger partial charge is 0.387 e. The van der Waals surface area contributed by atoms with E-state index >= 15 is 0 Å². The first kappa shape index (κ1) is 24.9. The zero-order valence-corrected chi connectivity index (χ0v) is 18.9. The van der Waals surface area contributed by atoms with E-state index in [1.165, 1.54) is 36.8 Å². The Morgan fingerprint density at radius 1 is 0.935 bits per heavy atom. The SMILES string of the molecule is Cl.N=C(N)C1(C(=O)Nc2ccc(CCCCCCCOCc3ccccc3)cc2)CC1. The molecule has 0 atom stereocenters. The first-order valence-electron chi connectivity index (χ1n) is 11.0. The number of unbranched alkanes of at least 4 members (excludes halogenated alkanes) is 4. The van der Waals surface area contributed by atoms with Crippen molar-refractivity contribution in [3.8, 4) is 0 Å². The van der Waals surface area contributed by atoms with Gasteiger partial charge in [0.2, 0.25) is 5.91 Å². The molecule has 6 heteroatoms. The molecule has 168 valence electrons. The van der Waals surface area contributed by atoms with Gasteiger partial charge in [-0.3, -0.25) is 10.2 Å². The average Bonchev–Trinajstić information content (AvgIpc) is 3.57. The van der Waals surface area contributed by atoms with Crippen LogP contribution in [0.5, 0.6) is 0 Å². The van der Waals surface area contributed by atoms with Crippen LogP contribution in [0.15, 0.2) is 54.6 Å². The van der Waals surface area contributed by atoms with Crippen molar-refractivity contribution in [2.24, 2.45) is 11.1 Å². The molecule has 2 aromatic carbocycles. The fourth-order valence-electron chi connectivity index (χ4n) is 3.58. The molecule has 1 fully saturated rings. The Bertz CT molecular complexity index is 820. The molecular formula is C25H34ClN3O2. The van der Waals surface area contributed by atoms with Gasteiger partial charge in [0.05, 0.1) is 6.61 Å². The summed E-state index contributed by atoms with van der Waals surface area (Å²) in [5.74, 6) is -0.185. The lowest BCUT2D eigenvalue weighted by molar-refractivity contribution is -0.119. The number of carbonyl (C=O) groups excluding carboxylic acids is 1. The summed E-state index contributed by atoms with van der Waals surface area (Å²) in [5.41, 5.74) is 8.09. The van der Waals surface area contributed by atoms with Crippen LogP contribution >= 0.6 is 12.4 Å². The van der Waals surface area contributed by atoms with Crippen LogP contribution in [-0.4, -0.2) is 18.3 Å². The number of ether oxygens (including phenoxy) is 1. The van der Waals surface area contributed by atoms with Gasteiger partial charge in [0.15, 0.2) is 0 Å². The number of halogens is 1. The second-order valence-electron chi connectivity index (χ2n) is 8.20. The number of rotatable bonds is 13. The summed E-state index contributed by atoms with van der Waals surface area (Å²) in [5, 5.41) is 10.5. The molecule has 0 radical (unpaired) electrons. The minimum atomic E-state index is -0.759. The maximum Gasteiger partial charge on any atom is 0.238 e. The highest BCUT2D eigenvalue weighted by Crippen LogP contribution is 2.46. The van der Waals surface area contributed by atoms with Gasteiger partial charge in [-0.2, -0.15) is 0 Å². The van der Waals surface area contributed by atoms with E-state index in [2.05, 4.69) is 29.6 Å². The Balaban J connectivity index is 0.00000341. The number of amidine groups is 1. The Kier molecular flexibility index (Phi) is 10.0.